The number of hydrogen-bond donors (Lipinski definition) is 2. The van der Waals surface area contributed by atoms with Crippen molar-refractivity contribution in [2.24, 2.45) is 5.41 Å². The number of nitrogens with zero attached hydrogens (tertiary/aromatic N) is 2. The molecule has 1 atom stereocenters. The number of nitrogens with one attached hydrogen (secondary N) is 1. The summed E-state index contributed by atoms with van der Waals surface area (Å²) in [6.45, 7) is 5.17. The van der Waals surface area contributed by atoms with E-state index >= 15 is 0 Å². The Hall–Kier alpha value is -1.69. The van der Waals surface area contributed by atoms with Crippen LogP contribution < -0.4 is 5.32 Å². The summed E-state index contributed by atoms with van der Waals surface area (Å²) in [5.41, 5.74) is -0.587. The average molecular weight is 272 g/mol. The van der Waals surface area contributed by atoms with Crippen molar-refractivity contribution in [2.45, 2.75) is 26.8 Å². The molecule has 7 heteroatoms. The van der Waals surface area contributed by atoms with Gasteiger partial charge in [-0.3, -0.25) is 4.79 Å². The van der Waals surface area contributed by atoms with Crippen LogP contribution >= 0.6 is 11.6 Å². The predicted molar refractivity (Wildman–Crippen MR) is 65.4 cm³/mol. The van der Waals surface area contributed by atoms with E-state index in [2.05, 4.69) is 15.3 Å². The lowest BCUT2D eigenvalue weighted by atomic mass is 9.86. The second-order valence-electron chi connectivity index (χ2n) is 4.84. The largest absolute Gasteiger partial charge is 0.480 e. The fraction of sp³-hybridized carbons (Fsp3) is 0.455. The lowest BCUT2D eigenvalue weighted by Crippen LogP contribution is -2.49. The van der Waals surface area contributed by atoms with Crippen molar-refractivity contribution in [3.05, 3.63) is 23.2 Å². The number of halogens is 1. The fourth-order valence-corrected chi connectivity index (χ4v) is 1.38. The van der Waals surface area contributed by atoms with Crippen molar-refractivity contribution in [3.8, 4) is 0 Å². The number of aromatic nitrogens is 2. The van der Waals surface area contributed by atoms with Gasteiger partial charge in [-0.05, 0) is 5.41 Å². The third-order valence-electron chi connectivity index (χ3n) is 2.24. The Balaban J connectivity index is 2.86. The second-order valence-corrected chi connectivity index (χ2v) is 5.22. The van der Waals surface area contributed by atoms with Gasteiger partial charge in [-0.15, -0.1) is 0 Å². The van der Waals surface area contributed by atoms with Crippen LogP contribution in [0.5, 0.6) is 0 Å². The maximum Gasteiger partial charge on any atom is 0.326 e. The summed E-state index contributed by atoms with van der Waals surface area (Å²) in [7, 11) is 0. The molecule has 1 aromatic heterocycles. The first-order valence-electron chi connectivity index (χ1n) is 5.23. The monoisotopic (exact) mass is 271 g/mol. The Bertz CT molecular complexity index is 454. The van der Waals surface area contributed by atoms with Crippen molar-refractivity contribution in [1.29, 1.82) is 0 Å². The van der Waals surface area contributed by atoms with Crippen molar-refractivity contribution in [2.75, 3.05) is 0 Å². The van der Waals surface area contributed by atoms with E-state index in [1.54, 1.807) is 20.8 Å². The molecule has 0 aliphatic heterocycles. The van der Waals surface area contributed by atoms with E-state index in [1.807, 2.05) is 0 Å². The molecule has 0 spiro atoms. The molecule has 1 aromatic rings. The molecule has 1 amide bonds. The number of amides is 1. The van der Waals surface area contributed by atoms with E-state index in [0.717, 1.165) is 0 Å². The first-order valence-corrected chi connectivity index (χ1v) is 5.61. The van der Waals surface area contributed by atoms with Crippen LogP contribution in [0.1, 0.15) is 31.3 Å². The van der Waals surface area contributed by atoms with E-state index in [4.69, 9.17) is 16.7 Å². The van der Waals surface area contributed by atoms with Crippen LogP contribution in [0.15, 0.2) is 12.4 Å². The molecule has 2 N–H and O–H groups in total. The molecule has 1 heterocycles. The third kappa shape index (κ3) is 3.66. The van der Waals surface area contributed by atoms with Gasteiger partial charge in [-0.1, -0.05) is 32.4 Å². The standard InChI is InChI=1S/C11H14ClN3O3/c1-11(2,3)8(10(17)18)15-9(16)6-4-14-7(12)5-13-6/h4-5,8H,1-3H3,(H,15,16)(H,17,18)/t8-/m1/s1. The molecule has 0 fully saturated rings. The molecule has 0 radical (unpaired) electrons. The van der Waals surface area contributed by atoms with Gasteiger partial charge in [-0.25, -0.2) is 14.8 Å². The Kier molecular flexibility index (Phi) is 4.24. The van der Waals surface area contributed by atoms with E-state index in [0.29, 0.717) is 0 Å². The average Bonchev–Trinajstić information content (AvgIpc) is 2.24. The first-order chi connectivity index (χ1) is 8.21. The molecule has 0 saturated carbocycles. The number of carboxylic acid groups (broad SMARTS) is 1. The summed E-state index contributed by atoms with van der Waals surface area (Å²) in [5, 5.41) is 11.6. The summed E-state index contributed by atoms with van der Waals surface area (Å²) in [5.74, 6) is -1.70. The summed E-state index contributed by atoms with van der Waals surface area (Å²) >= 11 is 5.55. The maximum atomic E-state index is 11.8. The van der Waals surface area contributed by atoms with Gasteiger partial charge < -0.3 is 10.4 Å². The zero-order chi connectivity index (χ0) is 13.9. The highest BCUT2D eigenvalue weighted by Crippen LogP contribution is 2.19. The molecule has 0 aliphatic carbocycles. The highest BCUT2D eigenvalue weighted by molar-refractivity contribution is 6.29. The van der Waals surface area contributed by atoms with Gasteiger partial charge in [0.2, 0.25) is 0 Å². The molecular weight excluding hydrogens is 258 g/mol. The Morgan fingerprint density at radius 2 is 1.94 bits per heavy atom. The van der Waals surface area contributed by atoms with Crippen LogP contribution in [0.25, 0.3) is 0 Å². The van der Waals surface area contributed by atoms with Gasteiger partial charge in [-0.2, -0.15) is 0 Å². The Morgan fingerprint density at radius 3 is 2.33 bits per heavy atom. The van der Waals surface area contributed by atoms with Crippen molar-refractivity contribution in [3.63, 3.8) is 0 Å². The van der Waals surface area contributed by atoms with Crippen LogP contribution in [-0.4, -0.2) is 33.0 Å². The Morgan fingerprint density at radius 1 is 1.33 bits per heavy atom. The first kappa shape index (κ1) is 14.4. The number of carbonyl (C=O) groups excluding carboxylic acids is 1. The Labute approximate surface area is 109 Å². The van der Waals surface area contributed by atoms with Gasteiger partial charge >= 0.3 is 5.97 Å². The number of carbonyl (C=O) groups is 2. The minimum absolute atomic E-state index is 0.0231. The van der Waals surface area contributed by atoms with Crippen LogP contribution in [0.3, 0.4) is 0 Å². The predicted octanol–water partition coefficient (Wildman–Crippen LogP) is 1.36. The molecule has 0 unspecified atom stereocenters. The van der Waals surface area contributed by atoms with Crippen molar-refractivity contribution < 1.29 is 14.7 Å². The molecule has 6 nitrogen and oxygen atoms in total. The topological polar surface area (TPSA) is 92.2 Å². The van der Waals surface area contributed by atoms with E-state index in [9.17, 15) is 9.59 Å². The van der Waals surface area contributed by atoms with Crippen molar-refractivity contribution in [1.82, 2.24) is 15.3 Å². The SMILES string of the molecule is CC(C)(C)[C@H](NC(=O)c1cnc(Cl)cn1)C(=O)O. The van der Waals surface area contributed by atoms with Gasteiger partial charge in [0.15, 0.2) is 0 Å². The normalized spacial score (nSPS) is 12.9. The molecule has 0 bridgehead atoms. The highest BCUT2D eigenvalue weighted by atomic mass is 35.5. The molecule has 0 aliphatic rings. The summed E-state index contributed by atoms with van der Waals surface area (Å²) in [4.78, 5) is 30.4. The quantitative estimate of drug-likeness (QED) is 0.866. The molecule has 1 rings (SSSR count). The van der Waals surface area contributed by atoms with Gasteiger partial charge in [0.05, 0.1) is 12.4 Å². The van der Waals surface area contributed by atoms with Crippen LogP contribution in [0.4, 0.5) is 0 Å². The van der Waals surface area contributed by atoms with E-state index in [1.165, 1.54) is 12.4 Å². The summed E-state index contributed by atoms with van der Waals surface area (Å²) < 4.78 is 0. The molecule has 98 valence electrons. The number of carboxylic acids is 1. The molecule has 18 heavy (non-hydrogen) atoms. The number of hydrogen-bond acceptors (Lipinski definition) is 4. The summed E-state index contributed by atoms with van der Waals surface area (Å²) in [6.07, 6.45) is 2.42. The lowest BCUT2D eigenvalue weighted by Gasteiger charge is -2.27. The van der Waals surface area contributed by atoms with Gasteiger partial charge in [0, 0.05) is 0 Å². The minimum Gasteiger partial charge on any atom is -0.480 e. The van der Waals surface area contributed by atoms with Crippen LogP contribution in [0.2, 0.25) is 5.15 Å². The zero-order valence-electron chi connectivity index (χ0n) is 10.3. The molecular formula is C11H14ClN3O3. The van der Waals surface area contributed by atoms with E-state index in [-0.39, 0.29) is 10.8 Å². The number of aliphatic carboxylic acids is 1. The van der Waals surface area contributed by atoms with E-state index < -0.39 is 23.3 Å². The number of rotatable bonds is 3. The van der Waals surface area contributed by atoms with Crippen molar-refractivity contribution >= 4 is 23.5 Å². The lowest BCUT2D eigenvalue weighted by molar-refractivity contribution is -0.142. The van der Waals surface area contributed by atoms with Crippen LogP contribution in [0, 0.1) is 5.41 Å². The minimum atomic E-state index is -1.10. The fourth-order valence-electron chi connectivity index (χ4n) is 1.28. The summed E-state index contributed by atoms with van der Waals surface area (Å²) in [6, 6.07) is -1.01. The van der Waals surface area contributed by atoms with Crippen LogP contribution in [-0.2, 0) is 4.79 Å². The maximum absolute atomic E-state index is 11.8. The second kappa shape index (κ2) is 5.30. The van der Waals surface area contributed by atoms with Gasteiger partial charge in [0.25, 0.3) is 5.91 Å². The smallest absolute Gasteiger partial charge is 0.326 e. The molecule has 0 saturated heterocycles. The van der Waals surface area contributed by atoms with Gasteiger partial charge in [0.1, 0.15) is 16.9 Å². The zero-order valence-corrected chi connectivity index (χ0v) is 11.0. The highest BCUT2D eigenvalue weighted by Gasteiger charge is 2.33. The third-order valence-corrected chi connectivity index (χ3v) is 2.44. The molecule has 0 aromatic carbocycles.